The van der Waals surface area contributed by atoms with Gasteiger partial charge in [0, 0.05) is 21.8 Å². The molecule has 2 nitrogen and oxygen atoms in total. The van der Waals surface area contributed by atoms with Gasteiger partial charge in [-0.2, -0.15) is 0 Å². The van der Waals surface area contributed by atoms with Crippen LogP contribution in [0.2, 0.25) is 0 Å². The van der Waals surface area contributed by atoms with E-state index in [2.05, 4.69) is 28.9 Å². The summed E-state index contributed by atoms with van der Waals surface area (Å²) < 4.78 is 1.06. The SMILES string of the molecule is Cc1ccc(C(=O)N2c3ccc(Br)cc3C[C@H]2C)cc1. The summed E-state index contributed by atoms with van der Waals surface area (Å²) >= 11 is 3.49. The van der Waals surface area contributed by atoms with Crippen LogP contribution >= 0.6 is 15.9 Å². The molecule has 0 bridgehead atoms. The number of aryl methyl sites for hydroxylation is 1. The number of amides is 1. The minimum atomic E-state index is 0.0820. The Bertz CT molecular complexity index is 663. The van der Waals surface area contributed by atoms with Crippen molar-refractivity contribution in [3.63, 3.8) is 0 Å². The molecule has 102 valence electrons. The van der Waals surface area contributed by atoms with Gasteiger partial charge in [-0.25, -0.2) is 0 Å². The monoisotopic (exact) mass is 329 g/mol. The van der Waals surface area contributed by atoms with Crippen molar-refractivity contribution in [1.29, 1.82) is 0 Å². The molecule has 0 unspecified atom stereocenters. The first-order valence-electron chi connectivity index (χ1n) is 6.75. The van der Waals surface area contributed by atoms with Crippen molar-refractivity contribution in [2.24, 2.45) is 0 Å². The standard InChI is InChI=1S/C17H16BrNO/c1-11-3-5-13(6-4-11)17(20)19-12(2)9-14-10-15(18)7-8-16(14)19/h3-8,10,12H,9H2,1-2H3/t12-/m1/s1. The molecular weight excluding hydrogens is 314 g/mol. The van der Waals surface area contributed by atoms with E-state index in [0.717, 1.165) is 22.1 Å². The highest BCUT2D eigenvalue weighted by molar-refractivity contribution is 9.10. The lowest BCUT2D eigenvalue weighted by Crippen LogP contribution is -2.35. The Balaban J connectivity index is 1.98. The first-order valence-corrected chi connectivity index (χ1v) is 7.54. The molecule has 1 aliphatic heterocycles. The van der Waals surface area contributed by atoms with Crippen LogP contribution in [-0.4, -0.2) is 11.9 Å². The van der Waals surface area contributed by atoms with Crippen LogP contribution in [0.25, 0.3) is 0 Å². The molecule has 0 aliphatic carbocycles. The number of anilines is 1. The highest BCUT2D eigenvalue weighted by Crippen LogP contribution is 2.35. The molecule has 2 aromatic carbocycles. The molecule has 1 atom stereocenters. The molecule has 0 spiro atoms. The molecule has 1 aliphatic rings. The molecule has 1 heterocycles. The molecule has 0 N–H and O–H groups in total. The molecule has 0 saturated carbocycles. The second-order valence-corrected chi connectivity index (χ2v) is 6.28. The van der Waals surface area contributed by atoms with Gasteiger partial charge in [0.2, 0.25) is 0 Å². The number of rotatable bonds is 1. The predicted molar refractivity (Wildman–Crippen MR) is 85.3 cm³/mol. The molecule has 3 rings (SSSR count). The Kier molecular flexibility index (Phi) is 3.38. The van der Waals surface area contributed by atoms with E-state index in [-0.39, 0.29) is 11.9 Å². The second kappa shape index (κ2) is 5.06. The van der Waals surface area contributed by atoms with E-state index in [0.29, 0.717) is 0 Å². The van der Waals surface area contributed by atoms with Gasteiger partial charge in [0.05, 0.1) is 0 Å². The molecular formula is C17H16BrNO. The van der Waals surface area contributed by atoms with Gasteiger partial charge in [0.25, 0.3) is 5.91 Å². The Morgan fingerprint density at radius 1 is 1.20 bits per heavy atom. The van der Waals surface area contributed by atoms with Crippen molar-refractivity contribution >= 4 is 27.5 Å². The van der Waals surface area contributed by atoms with Crippen molar-refractivity contribution < 1.29 is 4.79 Å². The van der Waals surface area contributed by atoms with E-state index in [9.17, 15) is 4.79 Å². The summed E-state index contributed by atoms with van der Waals surface area (Å²) in [4.78, 5) is 14.6. The van der Waals surface area contributed by atoms with Crippen molar-refractivity contribution in [3.8, 4) is 0 Å². The minimum absolute atomic E-state index is 0.0820. The van der Waals surface area contributed by atoms with Crippen LogP contribution in [0.4, 0.5) is 5.69 Å². The van der Waals surface area contributed by atoms with Gasteiger partial charge in [0.15, 0.2) is 0 Å². The molecule has 1 amide bonds. The van der Waals surface area contributed by atoms with E-state index in [1.165, 1.54) is 11.1 Å². The third kappa shape index (κ3) is 2.27. The smallest absolute Gasteiger partial charge is 0.258 e. The van der Waals surface area contributed by atoms with Gasteiger partial charge in [0.1, 0.15) is 0 Å². The third-order valence-corrected chi connectivity index (χ3v) is 4.27. The van der Waals surface area contributed by atoms with Crippen molar-refractivity contribution in [2.75, 3.05) is 4.90 Å². The fraction of sp³-hybridized carbons (Fsp3) is 0.235. The summed E-state index contributed by atoms with van der Waals surface area (Å²) in [5.74, 6) is 0.0820. The fourth-order valence-corrected chi connectivity index (χ4v) is 3.15. The van der Waals surface area contributed by atoms with Gasteiger partial charge in [-0.15, -0.1) is 0 Å². The Morgan fingerprint density at radius 2 is 1.90 bits per heavy atom. The van der Waals surface area contributed by atoms with E-state index in [1.807, 2.05) is 48.2 Å². The zero-order valence-electron chi connectivity index (χ0n) is 11.6. The van der Waals surface area contributed by atoms with Crippen LogP contribution in [-0.2, 0) is 6.42 Å². The maximum Gasteiger partial charge on any atom is 0.258 e. The number of benzene rings is 2. The van der Waals surface area contributed by atoms with Crippen molar-refractivity contribution in [2.45, 2.75) is 26.3 Å². The highest BCUT2D eigenvalue weighted by atomic mass is 79.9. The first-order chi connectivity index (χ1) is 9.56. The van der Waals surface area contributed by atoms with Crippen LogP contribution in [0.1, 0.15) is 28.4 Å². The van der Waals surface area contributed by atoms with Gasteiger partial charge in [-0.1, -0.05) is 33.6 Å². The highest BCUT2D eigenvalue weighted by Gasteiger charge is 2.31. The molecule has 3 heteroatoms. The molecule has 2 aromatic rings. The zero-order valence-corrected chi connectivity index (χ0v) is 13.1. The summed E-state index contributed by atoms with van der Waals surface area (Å²) in [5, 5.41) is 0. The maximum atomic E-state index is 12.7. The lowest BCUT2D eigenvalue weighted by atomic mass is 10.1. The third-order valence-electron chi connectivity index (χ3n) is 3.77. The van der Waals surface area contributed by atoms with E-state index in [4.69, 9.17) is 0 Å². The number of hydrogen-bond acceptors (Lipinski definition) is 1. The van der Waals surface area contributed by atoms with Gasteiger partial charge in [-0.3, -0.25) is 4.79 Å². The summed E-state index contributed by atoms with van der Waals surface area (Å²) in [6.07, 6.45) is 0.909. The average molecular weight is 330 g/mol. The number of carbonyl (C=O) groups is 1. The summed E-state index contributed by atoms with van der Waals surface area (Å²) in [5.41, 5.74) is 4.18. The minimum Gasteiger partial charge on any atom is -0.305 e. The van der Waals surface area contributed by atoms with E-state index < -0.39 is 0 Å². The normalized spacial score (nSPS) is 17.1. The van der Waals surface area contributed by atoms with Crippen LogP contribution < -0.4 is 4.90 Å². The predicted octanol–water partition coefficient (Wildman–Crippen LogP) is 4.35. The largest absolute Gasteiger partial charge is 0.305 e. The number of halogens is 1. The van der Waals surface area contributed by atoms with Crippen LogP contribution in [0.15, 0.2) is 46.9 Å². The summed E-state index contributed by atoms with van der Waals surface area (Å²) in [7, 11) is 0. The second-order valence-electron chi connectivity index (χ2n) is 5.37. The molecule has 0 radical (unpaired) electrons. The van der Waals surface area contributed by atoms with E-state index in [1.54, 1.807) is 0 Å². The molecule has 0 aromatic heterocycles. The summed E-state index contributed by atoms with van der Waals surface area (Å²) in [6.45, 7) is 4.12. The summed E-state index contributed by atoms with van der Waals surface area (Å²) in [6, 6.07) is 14.1. The Labute approximate surface area is 127 Å². The Morgan fingerprint density at radius 3 is 2.60 bits per heavy atom. The number of nitrogens with zero attached hydrogens (tertiary/aromatic N) is 1. The topological polar surface area (TPSA) is 20.3 Å². The molecule has 20 heavy (non-hydrogen) atoms. The lowest BCUT2D eigenvalue weighted by Gasteiger charge is -2.23. The Hall–Kier alpha value is -1.61. The number of hydrogen-bond donors (Lipinski definition) is 0. The van der Waals surface area contributed by atoms with E-state index >= 15 is 0 Å². The van der Waals surface area contributed by atoms with Gasteiger partial charge >= 0.3 is 0 Å². The molecule has 0 fully saturated rings. The lowest BCUT2D eigenvalue weighted by molar-refractivity contribution is 0.0981. The zero-order chi connectivity index (χ0) is 14.3. The quantitative estimate of drug-likeness (QED) is 0.761. The van der Waals surface area contributed by atoms with Crippen LogP contribution in [0.3, 0.4) is 0 Å². The first kappa shape index (κ1) is 13.4. The van der Waals surface area contributed by atoms with Crippen LogP contribution in [0.5, 0.6) is 0 Å². The van der Waals surface area contributed by atoms with Gasteiger partial charge < -0.3 is 4.90 Å². The fourth-order valence-electron chi connectivity index (χ4n) is 2.74. The van der Waals surface area contributed by atoms with Gasteiger partial charge in [-0.05, 0) is 56.2 Å². The molecule has 0 saturated heterocycles. The average Bonchev–Trinajstić information content (AvgIpc) is 2.73. The van der Waals surface area contributed by atoms with Crippen molar-refractivity contribution in [3.05, 3.63) is 63.6 Å². The number of carbonyl (C=O) groups excluding carboxylic acids is 1. The van der Waals surface area contributed by atoms with Crippen molar-refractivity contribution in [1.82, 2.24) is 0 Å². The van der Waals surface area contributed by atoms with Crippen LogP contribution in [0, 0.1) is 6.92 Å². The number of fused-ring (bicyclic) bond motifs is 1. The maximum absolute atomic E-state index is 12.7.